The van der Waals surface area contributed by atoms with Gasteiger partial charge in [-0.05, 0) is 32.7 Å². The lowest BCUT2D eigenvalue weighted by Gasteiger charge is -2.35. The lowest BCUT2D eigenvalue weighted by Crippen LogP contribution is -2.39. The fraction of sp³-hybridized carbons (Fsp3) is 0.750. The highest BCUT2D eigenvalue weighted by Crippen LogP contribution is 2.24. The molecule has 118 valence electrons. The van der Waals surface area contributed by atoms with Gasteiger partial charge in [0.05, 0.1) is 18.5 Å². The second-order valence-corrected chi connectivity index (χ2v) is 5.76. The third-order valence-corrected chi connectivity index (χ3v) is 4.28. The highest BCUT2D eigenvalue weighted by atomic mass is 16.5. The molecule has 1 aromatic heterocycles. The first-order valence-electron chi connectivity index (χ1n) is 8.09. The normalized spacial score (nSPS) is 19.7. The van der Waals surface area contributed by atoms with E-state index in [9.17, 15) is 4.79 Å². The fourth-order valence-corrected chi connectivity index (χ4v) is 3.15. The van der Waals surface area contributed by atoms with Crippen LogP contribution in [0.1, 0.15) is 62.0 Å². The van der Waals surface area contributed by atoms with Crippen molar-refractivity contribution < 1.29 is 9.53 Å². The Kier molecular flexibility index (Phi) is 5.79. The van der Waals surface area contributed by atoms with Crippen molar-refractivity contribution in [3.8, 4) is 0 Å². The minimum atomic E-state index is -0.260. The molecule has 1 aliphatic heterocycles. The van der Waals surface area contributed by atoms with Crippen molar-refractivity contribution in [2.45, 2.75) is 58.5 Å². The number of hydrogen-bond donors (Lipinski definition) is 0. The molecule has 1 unspecified atom stereocenters. The number of rotatable bonds is 6. The minimum absolute atomic E-state index is 0.260. The van der Waals surface area contributed by atoms with Crippen LogP contribution >= 0.6 is 0 Å². The van der Waals surface area contributed by atoms with Crippen LogP contribution in [0.2, 0.25) is 0 Å². The minimum Gasteiger partial charge on any atom is -0.462 e. The van der Waals surface area contributed by atoms with E-state index in [1.54, 1.807) is 6.20 Å². The van der Waals surface area contributed by atoms with Crippen molar-refractivity contribution >= 4 is 5.97 Å². The molecule has 1 saturated heterocycles. The van der Waals surface area contributed by atoms with Gasteiger partial charge in [-0.3, -0.25) is 9.58 Å². The lowest BCUT2D eigenvalue weighted by molar-refractivity contribution is 0.0521. The molecule has 1 aliphatic rings. The van der Waals surface area contributed by atoms with Crippen LogP contribution in [-0.4, -0.2) is 39.8 Å². The van der Waals surface area contributed by atoms with Gasteiger partial charge in [-0.1, -0.05) is 19.8 Å². The Morgan fingerprint density at radius 1 is 1.43 bits per heavy atom. The molecule has 5 heteroatoms. The number of hydrogen-bond acceptors (Lipinski definition) is 4. The molecule has 0 aliphatic carbocycles. The van der Waals surface area contributed by atoms with E-state index in [2.05, 4.69) is 16.9 Å². The number of aromatic nitrogens is 2. The van der Waals surface area contributed by atoms with Gasteiger partial charge in [0.2, 0.25) is 0 Å². The summed E-state index contributed by atoms with van der Waals surface area (Å²) in [5.74, 6) is -0.260. The molecule has 2 rings (SSSR count). The van der Waals surface area contributed by atoms with Gasteiger partial charge in [-0.2, -0.15) is 5.10 Å². The molecule has 21 heavy (non-hydrogen) atoms. The number of likely N-dealkylation sites (tertiary alicyclic amines) is 1. The summed E-state index contributed by atoms with van der Waals surface area (Å²) >= 11 is 0. The van der Waals surface area contributed by atoms with Crippen LogP contribution in [0.5, 0.6) is 0 Å². The average Bonchev–Trinajstić information content (AvgIpc) is 2.83. The topological polar surface area (TPSA) is 47.4 Å². The molecule has 0 amide bonds. The molecule has 1 atom stereocenters. The smallest absolute Gasteiger partial charge is 0.341 e. The van der Waals surface area contributed by atoms with Gasteiger partial charge < -0.3 is 4.74 Å². The van der Waals surface area contributed by atoms with Crippen molar-refractivity contribution in [1.82, 2.24) is 14.7 Å². The molecule has 0 spiro atoms. The summed E-state index contributed by atoms with van der Waals surface area (Å²) in [5.41, 5.74) is 1.58. The molecular weight excluding hydrogens is 266 g/mol. The summed E-state index contributed by atoms with van der Waals surface area (Å²) < 4.78 is 6.94. The Balaban J connectivity index is 2.14. The maximum Gasteiger partial charge on any atom is 0.341 e. The number of carbonyl (C=O) groups excluding carboxylic acids is 1. The molecule has 2 heterocycles. The Morgan fingerprint density at radius 2 is 2.24 bits per heavy atom. The third kappa shape index (κ3) is 3.84. The van der Waals surface area contributed by atoms with E-state index in [1.807, 2.05) is 18.7 Å². The maximum atomic E-state index is 12.0. The molecule has 0 radical (unpaired) electrons. The second kappa shape index (κ2) is 7.59. The summed E-state index contributed by atoms with van der Waals surface area (Å²) in [6, 6.07) is 0.633. The van der Waals surface area contributed by atoms with E-state index in [0.717, 1.165) is 18.8 Å². The van der Waals surface area contributed by atoms with Crippen LogP contribution in [0.3, 0.4) is 0 Å². The van der Waals surface area contributed by atoms with E-state index in [1.165, 1.54) is 32.1 Å². The number of esters is 1. The average molecular weight is 293 g/mol. The SMILES string of the molecule is CCCC1CCCCN1Cc1c(C(=O)OCC)cnn1C. The van der Waals surface area contributed by atoms with Crippen molar-refractivity contribution in [3.05, 3.63) is 17.5 Å². The van der Waals surface area contributed by atoms with E-state index < -0.39 is 0 Å². The van der Waals surface area contributed by atoms with Crippen LogP contribution in [-0.2, 0) is 18.3 Å². The summed E-state index contributed by atoms with van der Waals surface area (Å²) in [6.45, 7) is 6.36. The lowest BCUT2D eigenvalue weighted by atomic mass is 9.98. The highest BCUT2D eigenvalue weighted by Gasteiger charge is 2.25. The first-order valence-corrected chi connectivity index (χ1v) is 8.09. The zero-order chi connectivity index (χ0) is 15.2. The Morgan fingerprint density at radius 3 is 2.95 bits per heavy atom. The molecule has 0 bridgehead atoms. The number of piperidine rings is 1. The van der Waals surface area contributed by atoms with Crippen LogP contribution in [0.25, 0.3) is 0 Å². The maximum absolute atomic E-state index is 12.0. The van der Waals surface area contributed by atoms with E-state index >= 15 is 0 Å². The van der Waals surface area contributed by atoms with Gasteiger partial charge in [0.25, 0.3) is 0 Å². The molecule has 5 nitrogen and oxygen atoms in total. The zero-order valence-electron chi connectivity index (χ0n) is 13.5. The molecule has 0 saturated carbocycles. The number of aryl methyl sites for hydroxylation is 1. The van der Waals surface area contributed by atoms with Crippen molar-refractivity contribution in [2.24, 2.45) is 7.05 Å². The first-order chi connectivity index (χ1) is 10.2. The highest BCUT2D eigenvalue weighted by molar-refractivity contribution is 5.90. The molecular formula is C16H27N3O2. The van der Waals surface area contributed by atoms with Crippen LogP contribution in [0.4, 0.5) is 0 Å². The summed E-state index contributed by atoms with van der Waals surface area (Å²) in [5, 5.41) is 4.25. The summed E-state index contributed by atoms with van der Waals surface area (Å²) in [7, 11) is 1.90. The van der Waals surface area contributed by atoms with Gasteiger partial charge in [-0.15, -0.1) is 0 Å². The van der Waals surface area contributed by atoms with Crippen LogP contribution in [0.15, 0.2) is 6.20 Å². The Labute approximate surface area is 127 Å². The van der Waals surface area contributed by atoms with Crippen LogP contribution < -0.4 is 0 Å². The third-order valence-electron chi connectivity index (χ3n) is 4.28. The fourth-order valence-electron chi connectivity index (χ4n) is 3.15. The monoisotopic (exact) mass is 293 g/mol. The predicted molar refractivity (Wildman–Crippen MR) is 82.1 cm³/mol. The largest absolute Gasteiger partial charge is 0.462 e. The summed E-state index contributed by atoms with van der Waals surface area (Å²) in [6.07, 6.45) is 7.89. The zero-order valence-corrected chi connectivity index (χ0v) is 13.5. The standard InChI is InChI=1S/C16H27N3O2/c1-4-8-13-9-6-7-10-19(13)12-15-14(11-17-18(15)3)16(20)21-5-2/h11,13H,4-10,12H2,1-3H3. The quantitative estimate of drug-likeness (QED) is 0.757. The van der Waals surface area contributed by atoms with Gasteiger partial charge >= 0.3 is 5.97 Å². The second-order valence-electron chi connectivity index (χ2n) is 5.76. The van der Waals surface area contributed by atoms with E-state index in [4.69, 9.17) is 4.74 Å². The number of ether oxygens (including phenoxy) is 1. The molecule has 1 aromatic rings. The Hall–Kier alpha value is -1.36. The first kappa shape index (κ1) is 16.0. The van der Waals surface area contributed by atoms with Crippen molar-refractivity contribution in [3.63, 3.8) is 0 Å². The molecule has 0 N–H and O–H groups in total. The van der Waals surface area contributed by atoms with Crippen LogP contribution in [0, 0.1) is 0 Å². The van der Waals surface area contributed by atoms with Gasteiger partial charge in [0.1, 0.15) is 5.56 Å². The number of carbonyl (C=O) groups is 1. The predicted octanol–water partition coefficient (Wildman–Crippen LogP) is 2.75. The van der Waals surface area contributed by atoms with Gasteiger partial charge in [0, 0.05) is 19.6 Å². The Bertz CT molecular complexity index is 468. The van der Waals surface area contributed by atoms with E-state index in [0.29, 0.717) is 18.2 Å². The molecule has 0 aromatic carbocycles. The number of nitrogens with zero attached hydrogens (tertiary/aromatic N) is 3. The van der Waals surface area contributed by atoms with Crippen molar-refractivity contribution in [2.75, 3.05) is 13.2 Å². The van der Waals surface area contributed by atoms with Gasteiger partial charge in [-0.25, -0.2) is 4.79 Å². The van der Waals surface area contributed by atoms with E-state index in [-0.39, 0.29) is 5.97 Å². The summed E-state index contributed by atoms with van der Waals surface area (Å²) in [4.78, 5) is 14.5. The van der Waals surface area contributed by atoms with Gasteiger partial charge in [0.15, 0.2) is 0 Å². The molecule has 1 fully saturated rings. The van der Waals surface area contributed by atoms with Crippen molar-refractivity contribution in [1.29, 1.82) is 0 Å².